The molecule has 1 aromatic heterocycles. The summed E-state index contributed by atoms with van der Waals surface area (Å²) in [5, 5.41) is 5.01. The molecular formula is C16H16N2O5S. The fourth-order valence-electron chi connectivity index (χ4n) is 2.11. The Morgan fingerprint density at radius 1 is 1.25 bits per heavy atom. The largest absolute Gasteiger partial charge is 0.494 e. The summed E-state index contributed by atoms with van der Waals surface area (Å²) in [7, 11) is 3.16. The summed E-state index contributed by atoms with van der Waals surface area (Å²) >= 11 is 1.32. The van der Waals surface area contributed by atoms with E-state index in [0.717, 1.165) is 11.3 Å². The number of benzene rings is 1. The topological polar surface area (TPSA) is 78.9 Å². The molecule has 0 atom stereocenters. The summed E-state index contributed by atoms with van der Waals surface area (Å²) in [6.45, 7) is 0.797. The Kier molecular flexibility index (Phi) is 4.85. The normalized spacial score (nSPS) is 13.3. The number of hydrogen-bond acceptors (Lipinski definition) is 7. The van der Waals surface area contributed by atoms with Crippen LogP contribution < -0.4 is 14.8 Å². The molecule has 0 spiro atoms. The van der Waals surface area contributed by atoms with Crippen LogP contribution in [0.15, 0.2) is 35.6 Å². The number of thiazole rings is 1. The van der Waals surface area contributed by atoms with Gasteiger partial charge >= 0.3 is 0 Å². The van der Waals surface area contributed by atoms with Crippen LogP contribution >= 0.6 is 11.3 Å². The first-order chi connectivity index (χ1) is 11.7. The predicted octanol–water partition coefficient (Wildman–Crippen LogP) is 2.65. The third-order valence-corrected chi connectivity index (χ3v) is 4.03. The Balaban J connectivity index is 1.75. The van der Waals surface area contributed by atoms with E-state index in [1.165, 1.54) is 17.6 Å². The monoisotopic (exact) mass is 348 g/mol. The molecule has 0 unspecified atom stereocenters. The lowest BCUT2D eigenvalue weighted by Gasteiger charge is -2.14. The maximum Gasteiger partial charge on any atom is 0.295 e. The van der Waals surface area contributed by atoms with Gasteiger partial charge in [-0.05, 0) is 18.2 Å². The number of nitrogens with zero attached hydrogens (tertiary/aromatic N) is 1. The maximum atomic E-state index is 12.0. The highest BCUT2D eigenvalue weighted by molar-refractivity contribution is 7.14. The predicted molar refractivity (Wildman–Crippen MR) is 89.3 cm³/mol. The second-order valence-corrected chi connectivity index (χ2v) is 5.62. The second-order valence-electron chi connectivity index (χ2n) is 4.76. The molecule has 0 aliphatic carbocycles. The first-order valence-electron chi connectivity index (χ1n) is 7.15. The van der Waals surface area contributed by atoms with E-state index in [2.05, 4.69) is 10.3 Å². The van der Waals surface area contributed by atoms with E-state index in [0.29, 0.717) is 29.8 Å². The number of hydrogen-bond donors (Lipinski definition) is 1. The Bertz CT molecular complexity index is 772. The smallest absolute Gasteiger partial charge is 0.295 e. The Labute approximate surface area is 142 Å². The molecule has 0 bridgehead atoms. The molecule has 0 fully saturated rings. The number of nitrogens with one attached hydrogen (secondary N) is 1. The van der Waals surface area contributed by atoms with E-state index in [-0.39, 0.29) is 11.7 Å². The fourth-order valence-corrected chi connectivity index (χ4v) is 2.82. The molecule has 0 saturated heterocycles. The van der Waals surface area contributed by atoms with Crippen LogP contribution in [0.25, 0.3) is 11.3 Å². The zero-order valence-electron chi connectivity index (χ0n) is 13.2. The summed E-state index contributed by atoms with van der Waals surface area (Å²) in [6, 6.07) is 5.52. The molecule has 1 aliphatic heterocycles. The minimum atomic E-state index is -0.386. The van der Waals surface area contributed by atoms with Crippen LogP contribution in [0.1, 0.15) is 0 Å². The van der Waals surface area contributed by atoms with Crippen LogP contribution in [0.2, 0.25) is 0 Å². The number of anilines is 1. The average Bonchev–Trinajstić information content (AvgIpc) is 3.10. The lowest BCUT2D eigenvalue weighted by atomic mass is 10.1. The molecule has 8 heteroatoms. The Hall–Kier alpha value is -2.74. The zero-order valence-corrected chi connectivity index (χ0v) is 14.0. The zero-order chi connectivity index (χ0) is 16.9. The molecule has 126 valence electrons. The van der Waals surface area contributed by atoms with E-state index in [4.69, 9.17) is 18.9 Å². The van der Waals surface area contributed by atoms with E-state index in [9.17, 15) is 4.79 Å². The van der Waals surface area contributed by atoms with Gasteiger partial charge < -0.3 is 18.9 Å². The fraction of sp³-hybridized carbons (Fsp3) is 0.250. The van der Waals surface area contributed by atoms with Gasteiger partial charge in [0.25, 0.3) is 5.91 Å². The number of carbonyl (C=O) groups is 1. The summed E-state index contributed by atoms with van der Waals surface area (Å²) in [5.74, 6) is 1.02. The Morgan fingerprint density at radius 3 is 2.79 bits per heavy atom. The van der Waals surface area contributed by atoms with Crippen molar-refractivity contribution < 1.29 is 23.7 Å². The SMILES string of the molecule is COc1ccc(-c2csc(NC(=O)C3=COCCO3)n2)cc1OC. The highest BCUT2D eigenvalue weighted by Gasteiger charge is 2.17. The van der Waals surface area contributed by atoms with Gasteiger partial charge in [0.1, 0.15) is 19.5 Å². The first kappa shape index (κ1) is 16.1. The minimum absolute atomic E-state index is 0.143. The van der Waals surface area contributed by atoms with E-state index < -0.39 is 0 Å². The third kappa shape index (κ3) is 3.43. The number of amides is 1. The average molecular weight is 348 g/mol. The summed E-state index contributed by atoms with van der Waals surface area (Å²) < 4.78 is 20.8. The molecule has 7 nitrogen and oxygen atoms in total. The molecule has 1 aliphatic rings. The summed E-state index contributed by atoms with van der Waals surface area (Å²) in [4.78, 5) is 16.5. The van der Waals surface area contributed by atoms with Crippen molar-refractivity contribution in [2.45, 2.75) is 0 Å². The van der Waals surface area contributed by atoms with Gasteiger partial charge in [0.15, 0.2) is 16.6 Å². The third-order valence-electron chi connectivity index (χ3n) is 3.28. The summed E-state index contributed by atoms with van der Waals surface area (Å²) in [6.07, 6.45) is 1.31. The van der Waals surface area contributed by atoms with Crippen LogP contribution in [0.3, 0.4) is 0 Å². The molecule has 3 rings (SSSR count). The van der Waals surface area contributed by atoms with Crippen LogP contribution in [0, 0.1) is 0 Å². The molecule has 1 aromatic carbocycles. The number of carbonyl (C=O) groups excluding carboxylic acids is 1. The van der Waals surface area contributed by atoms with Crippen molar-refractivity contribution in [3.63, 3.8) is 0 Å². The van der Waals surface area contributed by atoms with Crippen molar-refractivity contribution in [3.8, 4) is 22.8 Å². The molecule has 2 heterocycles. The van der Waals surface area contributed by atoms with Gasteiger partial charge in [0, 0.05) is 10.9 Å². The highest BCUT2D eigenvalue weighted by Crippen LogP contribution is 2.33. The van der Waals surface area contributed by atoms with Gasteiger partial charge in [-0.15, -0.1) is 11.3 Å². The van der Waals surface area contributed by atoms with Gasteiger partial charge in [-0.1, -0.05) is 0 Å². The van der Waals surface area contributed by atoms with E-state index in [1.54, 1.807) is 14.2 Å². The Morgan fingerprint density at radius 2 is 2.08 bits per heavy atom. The maximum absolute atomic E-state index is 12.0. The lowest BCUT2D eigenvalue weighted by Crippen LogP contribution is -2.21. The van der Waals surface area contributed by atoms with Crippen molar-refractivity contribution >= 4 is 22.4 Å². The van der Waals surface area contributed by atoms with Gasteiger partial charge in [-0.2, -0.15) is 0 Å². The van der Waals surface area contributed by atoms with E-state index >= 15 is 0 Å². The molecule has 0 saturated carbocycles. The molecule has 24 heavy (non-hydrogen) atoms. The van der Waals surface area contributed by atoms with Crippen molar-refractivity contribution in [3.05, 3.63) is 35.6 Å². The molecular weight excluding hydrogens is 332 g/mol. The number of aromatic nitrogens is 1. The highest BCUT2D eigenvalue weighted by atomic mass is 32.1. The van der Waals surface area contributed by atoms with Crippen LogP contribution in [0.4, 0.5) is 5.13 Å². The van der Waals surface area contributed by atoms with E-state index in [1.807, 2.05) is 23.6 Å². The van der Waals surface area contributed by atoms with Gasteiger partial charge in [-0.25, -0.2) is 4.98 Å². The molecule has 0 radical (unpaired) electrons. The molecule has 1 N–H and O–H groups in total. The quantitative estimate of drug-likeness (QED) is 0.895. The minimum Gasteiger partial charge on any atom is -0.494 e. The first-order valence-corrected chi connectivity index (χ1v) is 8.03. The molecule has 1 amide bonds. The number of rotatable bonds is 5. The van der Waals surface area contributed by atoms with Crippen LogP contribution in [-0.4, -0.2) is 38.3 Å². The van der Waals surface area contributed by atoms with Crippen molar-refractivity contribution in [1.29, 1.82) is 0 Å². The standard InChI is InChI=1S/C16H16N2O5S/c1-20-12-4-3-10(7-13(12)21-2)11-9-24-16(17-11)18-15(19)14-8-22-5-6-23-14/h3-4,7-9H,5-6H2,1-2H3,(H,17,18,19). The molecule has 2 aromatic rings. The van der Waals surface area contributed by atoms with Gasteiger partial charge in [-0.3, -0.25) is 10.1 Å². The van der Waals surface area contributed by atoms with Crippen LogP contribution in [0.5, 0.6) is 11.5 Å². The van der Waals surface area contributed by atoms with Crippen molar-refractivity contribution in [2.24, 2.45) is 0 Å². The second kappa shape index (κ2) is 7.22. The number of ether oxygens (including phenoxy) is 4. The summed E-state index contributed by atoms with van der Waals surface area (Å²) in [5.41, 5.74) is 1.59. The van der Waals surface area contributed by atoms with Gasteiger partial charge in [0.05, 0.1) is 19.9 Å². The van der Waals surface area contributed by atoms with Crippen molar-refractivity contribution in [2.75, 3.05) is 32.8 Å². The van der Waals surface area contributed by atoms with Crippen molar-refractivity contribution in [1.82, 2.24) is 4.98 Å². The van der Waals surface area contributed by atoms with Gasteiger partial charge in [0.2, 0.25) is 5.76 Å². The van der Waals surface area contributed by atoms with Crippen LogP contribution in [-0.2, 0) is 14.3 Å². The lowest BCUT2D eigenvalue weighted by molar-refractivity contribution is -0.117. The number of methoxy groups -OCH3 is 2.